The Bertz CT molecular complexity index is 886. The van der Waals surface area contributed by atoms with Crippen LogP contribution in [0.15, 0.2) is 67.1 Å². The smallest absolute Gasteiger partial charge is 0.407 e. The number of fused-ring (bicyclic) bond motifs is 3. The molecule has 0 atom stereocenters. The minimum Gasteiger partial charge on any atom is -0.449 e. The summed E-state index contributed by atoms with van der Waals surface area (Å²) < 4.78 is 5.47. The summed E-state index contributed by atoms with van der Waals surface area (Å²) in [6.45, 7) is 0.722. The van der Waals surface area contributed by atoms with Gasteiger partial charge in [-0.1, -0.05) is 54.6 Å². The van der Waals surface area contributed by atoms with E-state index in [1.54, 1.807) is 12.5 Å². The molecule has 5 heteroatoms. The molecule has 0 fully saturated rings. The lowest BCUT2D eigenvalue weighted by molar-refractivity contribution is 0.144. The molecule has 0 radical (unpaired) electrons. The molecule has 0 saturated heterocycles. The van der Waals surface area contributed by atoms with Crippen molar-refractivity contribution < 1.29 is 9.53 Å². The summed E-state index contributed by atoms with van der Waals surface area (Å²) >= 11 is 0. The van der Waals surface area contributed by atoms with Crippen LogP contribution in [-0.4, -0.2) is 29.2 Å². The van der Waals surface area contributed by atoms with Crippen molar-refractivity contribution in [2.24, 2.45) is 0 Å². The first-order valence-corrected chi connectivity index (χ1v) is 8.56. The number of alkyl carbamates (subject to hydrolysis) is 1. The number of imidazole rings is 1. The lowest BCUT2D eigenvalue weighted by Crippen LogP contribution is -2.26. The molecule has 1 aromatic heterocycles. The summed E-state index contributed by atoms with van der Waals surface area (Å²) in [5, 5.41) is 2.73. The van der Waals surface area contributed by atoms with E-state index in [2.05, 4.69) is 39.6 Å². The van der Waals surface area contributed by atoms with Gasteiger partial charge in [0, 0.05) is 12.5 Å². The Morgan fingerprint density at radius 2 is 1.81 bits per heavy atom. The Morgan fingerprint density at radius 3 is 2.46 bits per heavy atom. The van der Waals surface area contributed by atoms with Gasteiger partial charge < -0.3 is 15.0 Å². The molecule has 0 bridgehead atoms. The Morgan fingerprint density at radius 1 is 1.12 bits per heavy atom. The molecule has 0 unspecified atom stereocenters. The number of aromatic amines is 1. The zero-order valence-electron chi connectivity index (χ0n) is 14.2. The Kier molecular flexibility index (Phi) is 4.51. The van der Waals surface area contributed by atoms with Crippen molar-refractivity contribution in [3.05, 3.63) is 84.0 Å². The maximum Gasteiger partial charge on any atom is 0.407 e. The molecule has 0 spiro atoms. The first-order valence-electron chi connectivity index (χ1n) is 8.56. The monoisotopic (exact) mass is 345 g/mol. The molecule has 2 aromatic carbocycles. The number of hydrogen-bond acceptors (Lipinski definition) is 3. The summed E-state index contributed by atoms with van der Waals surface area (Å²) in [4.78, 5) is 18.9. The van der Waals surface area contributed by atoms with Crippen molar-refractivity contribution in [2.75, 3.05) is 13.2 Å². The lowest BCUT2D eigenvalue weighted by Gasteiger charge is -2.14. The summed E-state index contributed by atoms with van der Waals surface area (Å²) in [6, 6.07) is 16.6. The average molecular weight is 345 g/mol. The molecule has 1 aliphatic carbocycles. The van der Waals surface area contributed by atoms with E-state index in [4.69, 9.17) is 4.74 Å². The maximum atomic E-state index is 12.0. The Hall–Kier alpha value is -3.34. The van der Waals surface area contributed by atoms with E-state index in [0.717, 1.165) is 5.69 Å². The quantitative estimate of drug-likeness (QED) is 0.735. The van der Waals surface area contributed by atoms with E-state index in [9.17, 15) is 4.79 Å². The van der Waals surface area contributed by atoms with Crippen molar-refractivity contribution in [1.82, 2.24) is 15.3 Å². The third kappa shape index (κ3) is 3.24. The van der Waals surface area contributed by atoms with Crippen LogP contribution in [0, 0.1) is 0 Å². The number of benzene rings is 2. The fourth-order valence-corrected chi connectivity index (χ4v) is 3.34. The predicted octanol–water partition coefficient (Wildman–Crippen LogP) is 3.96. The molecule has 0 aliphatic heterocycles. The Labute approximate surface area is 151 Å². The highest BCUT2D eigenvalue weighted by Gasteiger charge is 2.28. The predicted molar refractivity (Wildman–Crippen MR) is 101 cm³/mol. The van der Waals surface area contributed by atoms with Gasteiger partial charge >= 0.3 is 6.09 Å². The van der Waals surface area contributed by atoms with E-state index < -0.39 is 6.09 Å². The minimum atomic E-state index is -0.416. The second kappa shape index (κ2) is 7.27. The molecule has 1 heterocycles. The summed E-state index contributed by atoms with van der Waals surface area (Å²) in [7, 11) is 0. The van der Waals surface area contributed by atoms with Gasteiger partial charge in [-0.2, -0.15) is 0 Å². The largest absolute Gasteiger partial charge is 0.449 e. The fraction of sp³-hybridized carbons (Fsp3) is 0.143. The molecular weight excluding hydrogens is 326 g/mol. The van der Waals surface area contributed by atoms with Crippen LogP contribution in [0.4, 0.5) is 4.79 Å². The van der Waals surface area contributed by atoms with Crippen molar-refractivity contribution in [3.8, 4) is 11.1 Å². The van der Waals surface area contributed by atoms with Crippen molar-refractivity contribution in [1.29, 1.82) is 0 Å². The average Bonchev–Trinajstić information content (AvgIpc) is 3.30. The van der Waals surface area contributed by atoms with Crippen LogP contribution in [0.5, 0.6) is 0 Å². The zero-order chi connectivity index (χ0) is 17.8. The van der Waals surface area contributed by atoms with Gasteiger partial charge in [0.2, 0.25) is 0 Å². The summed E-state index contributed by atoms with van der Waals surface area (Å²) in [5.41, 5.74) is 5.75. The number of aromatic nitrogens is 2. The van der Waals surface area contributed by atoms with Crippen molar-refractivity contribution >= 4 is 12.2 Å². The van der Waals surface area contributed by atoms with Crippen LogP contribution in [0.25, 0.3) is 17.2 Å². The molecule has 130 valence electrons. The van der Waals surface area contributed by atoms with E-state index >= 15 is 0 Å². The molecule has 2 N–H and O–H groups in total. The molecule has 4 rings (SSSR count). The first-order chi connectivity index (χ1) is 12.8. The van der Waals surface area contributed by atoms with Crippen molar-refractivity contribution in [2.45, 2.75) is 5.92 Å². The van der Waals surface area contributed by atoms with Crippen LogP contribution in [-0.2, 0) is 4.74 Å². The van der Waals surface area contributed by atoms with Crippen LogP contribution in [0.1, 0.15) is 22.7 Å². The zero-order valence-corrected chi connectivity index (χ0v) is 14.2. The van der Waals surface area contributed by atoms with Gasteiger partial charge in [0.15, 0.2) is 0 Å². The van der Waals surface area contributed by atoms with Gasteiger partial charge in [0.1, 0.15) is 6.61 Å². The topological polar surface area (TPSA) is 67.0 Å². The van der Waals surface area contributed by atoms with Gasteiger partial charge in [-0.3, -0.25) is 0 Å². The summed E-state index contributed by atoms with van der Waals surface area (Å²) in [6.07, 6.45) is 6.61. The number of ether oxygens (including phenoxy) is 1. The van der Waals surface area contributed by atoms with Gasteiger partial charge in [-0.05, 0) is 28.3 Å². The van der Waals surface area contributed by atoms with E-state index in [1.807, 2.05) is 36.4 Å². The van der Waals surface area contributed by atoms with E-state index in [0.29, 0.717) is 13.2 Å². The third-order valence-electron chi connectivity index (χ3n) is 4.52. The van der Waals surface area contributed by atoms with Crippen LogP contribution < -0.4 is 5.32 Å². The molecular formula is C21H19N3O2. The van der Waals surface area contributed by atoms with Gasteiger partial charge in [0.05, 0.1) is 18.2 Å². The van der Waals surface area contributed by atoms with Crippen molar-refractivity contribution in [3.63, 3.8) is 0 Å². The highest BCUT2D eigenvalue weighted by atomic mass is 16.5. The number of carbonyl (C=O) groups excluding carboxylic acids is 1. The normalized spacial score (nSPS) is 12.8. The first kappa shape index (κ1) is 16.1. The minimum absolute atomic E-state index is 0.0775. The highest BCUT2D eigenvalue weighted by Crippen LogP contribution is 2.44. The number of amides is 1. The molecule has 1 amide bonds. The number of H-pyrrole nitrogens is 1. The van der Waals surface area contributed by atoms with Gasteiger partial charge in [-0.25, -0.2) is 9.78 Å². The molecule has 26 heavy (non-hydrogen) atoms. The second-order valence-electron chi connectivity index (χ2n) is 6.12. The third-order valence-corrected chi connectivity index (χ3v) is 4.52. The number of rotatable bonds is 5. The standard InChI is InChI=1S/C21H19N3O2/c25-21(23-11-5-6-15-12-22-14-24-15)26-13-20-18-9-3-1-7-16(18)17-8-2-4-10-19(17)20/h1-10,12,14,20H,11,13H2,(H,22,24)(H,23,25). The van der Waals surface area contributed by atoms with E-state index in [1.165, 1.54) is 22.3 Å². The Balaban J connectivity index is 1.36. The summed E-state index contributed by atoms with van der Waals surface area (Å²) in [5.74, 6) is 0.0775. The molecule has 5 nitrogen and oxygen atoms in total. The maximum absolute atomic E-state index is 12.0. The highest BCUT2D eigenvalue weighted by molar-refractivity contribution is 5.79. The van der Waals surface area contributed by atoms with Crippen LogP contribution in [0.2, 0.25) is 0 Å². The number of nitrogens with zero attached hydrogens (tertiary/aromatic N) is 1. The molecule has 1 aliphatic rings. The second-order valence-corrected chi connectivity index (χ2v) is 6.12. The van der Waals surface area contributed by atoms with Crippen LogP contribution in [0.3, 0.4) is 0 Å². The lowest BCUT2D eigenvalue weighted by atomic mass is 9.98. The van der Waals surface area contributed by atoms with Crippen LogP contribution >= 0.6 is 0 Å². The van der Waals surface area contributed by atoms with E-state index in [-0.39, 0.29) is 5.92 Å². The molecule has 3 aromatic rings. The SMILES string of the molecule is O=C(NCC=Cc1cnc[nH]1)OCC1c2ccccc2-c2ccccc21. The van der Waals surface area contributed by atoms with Gasteiger partial charge in [-0.15, -0.1) is 0 Å². The number of carbonyl (C=O) groups is 1. The molecule has 0 saturated carbocycles. The fourth-order valence-electron chi connectivity index (χ4n) is 3.34. The van der Waals surface area contributed by atoms with Gasteiger partial charge in [0.25, 0.3) is 0 Å². The number of hydrogen-bond donors (Lipinski definition) is 2. The number of nitrogens with one attached hydrogen (secondary N) is 2.